The lowest BCUT2D eigenvalue weighted by Crippen LogP contribution is -2.25. The summed E-state index contributed by atoms with van der Waals surface area (Å²) in [6.07, 6.45) is 3.50. The van der Waals surface area contributed by atoms with Crippen molar-refractivity contribution in [3.05, 3.63) is 154 Å². The molecule has 0 N–H and O–H groups in total. The normalized spacial score (nSPS) is 10.9. The van der Waals surface area contributed by atoms with E-state index in [9.17, 15) is 0 Å². The summed E-state index contributed by atoms with van der Waals surface area (Å²) >= 11 is 13.1. The fourth-order valence-corrected chi connectivity index (χ4v) is 5.40. The number of nitrogens with zero attached hydrogens (tertiary/aromatic N) is 2. The van der Waals surface area contributed by atoms with Gasteiger partial charge in [0.1, 0.15) is 11.5 Å². The molecule has 0 fully saturated rings. The molecule has 0 aliphatic rings. The Morgan fingerprint density at radius 2 is 1.02 bits per heavy atom. The molecule has 0 bridgehead atoms. The van der Waals surface area contributed by atoms with E-state index in [1.54, 1.807) is 27.4 Å². The quantitative estimate of drug-likeness (QED) is 0.124. The first-order chi connectivity index (χ1) is 23.0. The SMILES string of the molecule is Cc1ccc(-c2cccc(Oc3cccc(-c4ccc(C)c(Cl)c4)c3[B]OCc3ccccn3)c2[B]OCc2ccccn2)cc1Cl. The molecule has 0 aliphatic heterocycles. The Labute approximate surface area is 287 Å². The molecule has 0 aliphatic carbocycles. The molecule has 5 nitrogen and oxygen atoms in total. The predicted molar refractivity (Wildman–Crippen MR) is 192 cm³/mol. The number of aromatic nitrogens is 2. The van der Waals surface area contributed by atoms with Crippen LogP contribution < -0.4 is 15.7 Å². The number of halogens is 2. The van der Waals surface area contributed by atoms with Gasteiger partial charge in [-0.1, -0.05) is 83.9 Å². The van der Waals surface area contributed by atoms with Crippen molar-refractivity contribution in [3.8, 4) is 33.8 Å². The molecule has 0 saturated heterocycles. The molecule has 2 heterocycles. The minimum absolute atomic E-state index is 0.299. The van der Waals surface area contributed by atoms with E-state index < -0.39 is 0 Å². The summed E-state index contributed by atoms with van der Waals surface area (Å²) in [5.41, 5.74) is 8.83. The van der Waals surface area contributed by atoms with Crippen molar-refractivity contribution >= 4 is 49.1 Å². The third-order valence-corrected chi connectivity index (χ3v) is 8.45. The molecule has 6 rings (SSSR count). The van der Waals surface area contributed by atoms with Gasteiger partial charge in [-0.2, -0.15) is 0 Å². The third-order valence-electron chi connectivity index (χ3n) is 7.63. The lowest BCUT2D eigenvalue weighted by Gasteiger charge is -2.19. The number of pyridine rings is 2. The van der Waals surface area contributed by atoms with E-state index >= 15 is 0 Å². The summed E-state index contributed by atoms with van der Waals surface area (Å²) in [6.45, 7) is 4.56. The van der Waals surface area contributed by atoms with E-state index in [0.717, 1.165) is 55.7 Å². The Morgan fingerprint density at radius 1 is 0.553 bits per heavy atom. The van der Waals surface area contributed by atoms with Crippen molar-refractivity contribution in [2.45, 2.75) is 27.1 Å². The number of aryl methyl sites for hydroxylation is 2. The molecule has 6 aromatic rings. The fraction of sp³-hybridized carbons (Fsp3) is 0.105. The van der Waals surface area contributed by atoms with Gasteiger partial charge in [-0.05, 0) is 107 Å². The van der Waals surface area contributed by atoms with Crippen LogP contribution in [0.25, 0.3) is 22.3 Å². The van der Waals surface area contributed by atoms with Gasteiger partial charge in [0.25, 0.3) is 0 Å². The standard InChI is InChI=1S/C38H30B2Cl2N2O3/c1-25-15-17-27(21-33(25)41)31-11-7-13-35(37(31)39-45-23-29-9-3-5-19-43-29)47-36-14-8-12-32(28-18-16-26(2)34(42)22-28)38(36)40-46-24-30-10-4-6-20-44-30/h3-22H,23-24H2,1-2H3. The van der Waals surface area contributed by atoms with Crippen LogP contribution in [-0.4, -0.2) is 24.9 Å². The van der Waals surface area contributed by atoms with Crippen LogP contribution in [-0.2, 0) is 22.5 Å². The minimum Gasteiger partial charge on any atom is -0.458 e. The average Bonchev–Trinajstić information content (AvgIpc) is 3.09. The Morgan fingerprint density at radius 3 is 1.43 bits per heavy atom. The summed E-state index contributed by atoms with van der Waals surface area (Å²) in [5, 5.41) is 1.36. The van der Waals surface area contributed by atoms with E-state index in [0.29, 0.717) is 34.8 Å². The van der Waals surface area contributed by atoms with E-state index in [4.69, 9.17) is 37.2 Å². The molecular weight excluding hydrogens is 625 g/mol. The van der Waals surface area contributed by atoms with Gasteiger partial charge in [-0.3, -0.25) is 9.97 Å². The molecule has 47 heavy (non-hydrogen) atoms. The lowest BCUT2D eigenvalue weighted by molar-refractivity contribution is 0.324. The molecule has 0 atom stereocenters. The van der Waals surface area contributed by atoms with Crippen molar-refractivity contribution in [3.63, 3.8) is 0 Å². The second-order valence-electron chi connectivity index (χ2n) is 11.0. The van der Waals surface area contributed by atoms with Crippen molar-refractivity contribution in [1.82, 2.24) is 9.97 Å². The van der Waals surface area contributed by atoms with Gasteiger partial charge < -0.3 is 14.0 Å². The Balaban J connectivity index is 1.39. The third kappa shape index (κ3) is 8.13. The Kier molecular flexibility index (Phi) is 10.7. The topological polar surface area (TPSA) is 53.5 Å². The van der Waals surface area contributed by atoms with Crippen LogP contribution in [0.1, 0.15) is 22.5 Å². The van der Waals surface area contributed by atoms with Crippen LogP contribution in [0, 0.1) is 13.8 Å². The highest BCUT2D eigenvalue weighted by atomic mass is 35.5. The maximum Gasteiger partial charge on any atom is 0.335 e. The zero-order valence-corrected chi connectivity index (χ0v) is 27.5. The van der Waals surface area contributed by atoms with Gasteiger partial charge in [0.05, 0.1) is 24.6 Å². The summed E-state index contributed by atoms with van der Waals surface area (Å²) in [7, 11) is 3.44. The van der Waals surface area contributed by atoms with Gasteiger partial charge in [0.2, 0.25) is 0 Å². The van der Waals surface area contributed by atoms with E-state index in [1.165, 1.54) is 0 Å². The van der Waals surface area contributed by atoms with Crippen LogP contribution in [0.15, 0.2) is 122 Å². The maximum atomic E-state index is 6.76. The Hall–Kier alpha value is -4.39. The molecule has 2 aromatic heterocycles. The van der Waals surface area contributed by atoms with Crippen molar-refractivity contribution in [2.75, 3.05) is 0 Å². The van der Waals surface area contributed by atoms with Crippen molar-refractivity contribution < 1.29 is 14.0 Å². The molecule has 2 radical (unpaired) electrons. The number of hydrogen-bond donors (Lipinski definition) is 0. The van der Waals surface area contributed by atoms with Crippen LogP contribution >= 0.6 is 23.2 Å². The zero-order chi connectivity index (χ0) is 32.6. The lowest BCUT2D eigenvalue weighted by atomic mass is 9.79. The second-order valence-corrected chi connectivity index (χ2v) is 11.8. The highest BCUT2D eigenvalue weighted by molar-refractivity contribution is 6.52. The second kappa shape index (κ2) is 15.5. The average molecular weight is 655 g/mol. The van der Waals surface area contributed by atoms with E-state index in [2.05, 4.69) is 9.97 Å². The maximum absolute atomic E-state index is 6.76. The monoisotopic (exact) mass is 654 g/mol. The first-order valence-electron chi connectivity index (χ1n) is 15.1. The number of benzene rings is 4. The largest absolute Gasteiger partial charge is 0.458 e. The minimum atomic E-state index is 0.299. The summed E-state index contributed by atoms with van der Waals surface area (Å²) in [4.78, 5) is 8.78. The molecule has 230 valence electrons. The number of ether oxygens (including phenoxy) is 1. The predicted octanol–water partition coefficient (Wildman–Crippen LogP) is 8.45. The summed E-state index contributed by atoms with van der Waals surface area (Å²) < 4.78 is 19.0. The van der Waals surface area contributed by atoms with Crippen LogP contribution in [0.5, 0.6) is 11.5 Å². The molecule has 0 amide bonds. The van der Waals surface area contributed by atoms with Crippen LogP contribution in [0.3, 0.4) is 0 Å². The van der Waals surface area contributed by atoms with Crippen LogP contribution in [0.4, 0.5) is 0 Å². The number of rotatable bonds is 12. The highest BCUT2D eigenvalue weighted by Gasteiger charge is 2.20. The zero-order valence-electron chi connectivity index (χ0n) is 26.0. The summed E-state index contributed by atoms with van der Waals surface area (Å²) in [6, 6.07) is 35.3. The molecule has 0 saturated carbocycles. The first-order valence-corrected chi connectivity index (χ1v) is 15.9. The summed E-state index contributed by atoms with van der Waals surface area (Å²) in [5.74, 6) is 1.19. The van der Waals surface area contributed by atoms with Gasteiger partial charge in [-0.25, -0.2) is 0 Å². The molecule has 0 unspecified atom stereocenters. The highest BCUT2D eigenvalue weighted by Crippen LogP contribution is 2.31. The van der Waals surface area contributed by atoms with Gasteiger partial charge in [0.15, 0.2) is 0 Å². The molecular formula is C38H30B2Cl2N2O3. The van der Waals surface area contributed by atoms with Crippen LogP contribution in [0.2, 0.25) is 10.0 Å². The van der Waals surface area contributed by atoms with Crippen molar-refractivity contribution in [2.24, 2.45) is 0 Å². The molecule has 4 aromatic carbocycles. The smallest absolute Gasteiger partial charge is 0.335 e. The van der Waals surface area contributed by atoms with Gasteiger partial charge in [-0.15, -0.1) is 0 Å². The van der Waals surface area contributed by atoms with Crippen molar-refractivity contribution in [1.29, 1.82) is 0 Å². The number of hydrogen-bond acceptors (Lipinski definition) is 5. The molecule has 9 heteroatoms. The van der Waals surface area contributed by atoms with Gasteiger partial charge in [0, 0.05) is 22.4 Å². The van der Waals surface area contributed by atoms with E-state index in [1.807, 2.05) is 123 Å². The first kappa shape index (κ1) is 32.5. The Bertz CT molecular complexity index is 1840. The molecule has 0 spiro atoms. The van der Waals surface area contributed by atoms with Gasteiger partial charge >= 0.3 is 15.0 Å². The van der Waals surface area contributed by atoms with E-state index in [-0.39, 0.29) is 0 Å². The fourth-order valence-electron chi connectivity index (χ4n) is 5.04.